The molecule has 9 heteroatoms. The van der Waals surface area contributed by atoms with Crippen LogP contribution in [0.5, 0.6) is 0 Å². The molecule has 2 aromatic rings. The number of carbonyl (C=O) groups excluding carboxylic acids is 4. The zero-order valence-electron chi connectivity index (χ0n) is 14.2. The molecule has 0 spiro atoms. The Hall–Kier alpha value is -3.16. The fourth-order valence-corrected chi connectivity index (χ4v) is 1.90. The van der Waals surface area contributed by atoms with Gasteiger partial charge in [-0.15, -0.1) is 0 Å². The summed E-state index contributed by atoms with van der Waals surface area (Å²) >= 11 is 0. The summed E-state index contributed by atoms with van der Waals surface area (Å²) < 4.78 is 8.79. The molecule has 0 atom stereocenters. The van der Waals surface area contributed by atoms with Crippen LogP contribution in [0.4, 0.5) is 0 Å². The first kappa shape index (κ1) is 23.8. The number of aromatic carboxylic acids is 2. The van der Waals surface area contributed by atoms with Gasteiger partial charge < -0.3 is 29.3 Å². The Balaban J connectivity index is 0.000000483. The van der Waals surface area contributed by atoms with Crippen LogP contribution in [0.3, 0.4) is 0 Å². The van der Waals surface area contributed by atoms with Gasteiger partial charge in [0.1, 0.15) is 0 Å². The van der Waals surface area contributed by atoms with E-state index in [0.717, 1.165) is 0 Å². The number of carbonyl (C=O) groups is 4. The molecular weight excluding hydrogens is 408 g/mol. The van der Waals surface area contributed by atoms with Gasteiger partial charge in [0.25, 0.3) is 0 Å². The second-order valence-corrected chi connectivity index (χ2v) is 4.65. The second-order valence-electron chi connectivity index (χ2n) is 4.65. The second kappa shape index (κ2) is 11.5. The maximum atomic E-state index is 11.0. The van der Waals surface area contributed by atoms with Crippen molar-refractivity contribution in [2.24, 2.45) is 0 Å². The van der Waals surface area contributed by atoms with E-state index in [2.05, 4.69) is 9.47 Å². The van der Waals surface area contributed by atoms with Crippen LogP contribution in [0, 0.1) is 0 Å². The normalized spacial score (nSPS) is 8.96. The van der Waals surface area contributed by atoms with Crippen molar-refractivity contribution in [3.8, 4) is 0 Å². The molecule has 0 unspecified atom stereocenters. The van der Waals surface area contributed by atoms with E-state index in [1.807, 2.05) is 0 Å². The topological polar surface area (TPSA) is 133 Å². The van der Waals surface area contributed by atoms with Crippen LogP contribution in [0.25, 0.3) is 0 Å². The van der Waals surface area contributed by atoms with Crippen molar-refractivity contribution in [2.75, 3.05) is 14.2 Å². The molecule has 8 nitrogen and oxygen atoms in total. The number of esters is 2. The number of hydrogen-bond donors (Lipinski definition) is 0. The van der Waals surface area contributed by atoms with E-state index in [1.165, 1.54) is 50.6 Å². The van der Waals surface area contributed by atoms with Crippen molar-refractivity contribution in [1.29, 1.82) is 0 Å². The summed E-state index contributed by atoms with van der Waals surface area (Å²) in [4.78, 5) is 43.1. The van der Waals surface area contributed by atoms with Crippen molar-refractivity contribution in [1.82, 2.24) is 0 Å². The van der Waals surface area contributed by atoms with Gasteiger partial charge in [0.05, 0.1) is 37.3 Å². The number of carboxylic acid groups (broad SMARTS) is 2. The van der Waals surface area contributed by atoms with Gasteiger partial charge in [-0.05, 0) is 12.1 Å². The van der Waals surface area contributed by atoms with Crippen molar-refractivity contribution in [3.63, 3.8) is 0 Å². The standard InChI is InChI=1S/2C9H8O4.Cu/c2*1-13-9(12)7-5-3-2-4-6(7)8(10)11;/h2*2-5H,1H3,(H,10,11);/q;;+2/p-2. The molecule has 2 rings (SSSR count). The first-order valence-electron chi connectivity index (χ1n) is 7.10. The van der Waals surface area contributed by atoms with Crippen molar-refractivity contribution in [3.05, 3.63) is 70.8 Å². The average molecular weight is 422 g/mol. The minimum absolute atomic E-state index is 0. The number of carboxylic acids is 2. The Labute approximate surface area is 165 Å². The van der Waals surface area contributed by atoms with Crippen LogP contribution in [0.1, 0.15) is 41.4 Å². The summed E-state index contributed by atoms with van der Waals surface area (Å²) in [6.07, 6.45) is 0. The first-order chi connectivity index (χ1) is 12.3. The maximum Gasteiger partial charge on any atom is 2.00 e. The van der Waals surface area contributed by atoms with Gasteiger partial charge in [0.15, 0.2) is 0 Å². The molecule has 27 heavy (non-hydrogen) atoms. The number of methoxy groups -OCH3 is 2. The average Bonchev–Trinajstić information content (AvgIpc) is 2.67. The molecule has 0 aliphatic heterocycles. The minimum Gasteiger partial charge on any atom is -0.545 e. The summed E-state index contributed by atoms with van der Waals surface area (Å²) in [5, 5.41) is 21.0. The zero-order chi connectivity index (χ0) is 19.7. The van der Waals surface area contributed by atoms with E-state index in [0.29, 0.717) is 0 Å². The Morgan fingerprint density at radius 1 is 0.630 bits per heavy atom. The van der Waals surface area contributed by atoms with Crippen LogP contribution in [0.2, 0.25) is 0 Å². The van der Waals surface area contributed by atoms with Gasteiger partial charge in [-0.25, -0.2) is 9.59 Å². The molecule has 0 heterocycles. The molecule has 0 aliphatic rings. The predicted molar refractivity (Wildman–Crippen MR) is 84.2 cm³/mol. The smallest absolute Gasteiger partial charge is 0.545 e. The summed E-state index contributed by atoms with van der Waals surface area (Å²) in [7, 11) is 2.38. The molecule has 0 aromatic heterocycles. The zero-order valence-corrected chi connectivity index (χ0v) is 15.1. The predicted octanol–water partition coefficient (Wildman–Crippen LogP) is -0.329. The Kier molecular flexibility index (Phi) is 10.1. The van der Waals surface area contributed by atoms with E-state index in [9.17, 15) is 29.4 Å². The monoisotopic (exact) mass is 421 g/mol. The molecule has 0 fully saturated rings. The molecule has 0 saturated carbocycles. The van der Waals surface area contributed by atoms with Crippen LogP contribution >= 0.6 is 0 Å². The maximum absolute atomic E-state index is 11.0. The molecule has 0 N–H and O–H groups in total. The van der Waals surface area contributed by atoms with Crippen LogP contribution < -0.4 is 10.2 Å². The fraction of sp³-hybridized carbons (Fsp3) is 0.111. The fourth-order valence-electron chi connectivity index (χ4n) is 1.90. The van der Waals surface area contributed by atoms with E-state index in [4.69, 9.17) is 0 Å². The number of hydrogen-bond acceptors (Lipinski definition) is 8. The SMILES string of the molecule is COC(=O)c1ccccc1C(=O)[O-].COC(=O)c1ccccc1C(=O)[O-].[Cu+2]. The van der Waals surface area contributed by atoms with Gasteiger partial charge in [0.2, 0.25) is 0 Å². The van der Waals surface area contributed by atoms with E-state index in [-0.39, 0.29) is 39.3 Å². The Morgan fingerprint density at radius 2 is 0.889 bits per heavy atom. The van der Waals surface area contributed by atoms with Gasteiger partial charge in [-0.1, -0.05) is 36.4 Å². The molecule has 2 aromatic carbocycles. The van der Waals surface area contributed by atoms with Gasteiger partial charge in [-0.3, -0.25) is 0 Å². The van der Waals surface area contributed by atoms with E-state index >= 15 is 0 Å². The number of rotatable bonds is 4. The van der Waals surface area contributed by atoms with Crippen LogP contribution in [-0.2, 0) is 26.5 Å². The van der Waals surface area contributed by atoms with Crippen LogP contribution in [-0.4, -0.2) is 38.1 Å². The summed E-state index contributed by atoms with van der Waals surface area (Å²) in [6, 6.07) is 11.5. The minimum atomic E-state index is -1.39. The first-order valence-corrected chi connectivity index (χ1v) is 7.10. The molecule has 0 bridgehead atoms. The Morgan fingerprint density at radius 3 is 1.11 bits per heavy atom. The third-order valence-corrected chi connectivity index (χ3v) is 3.10. The summed E-state index contributed by atoms with van der Waals surface area (Å²) in [6.45, 7) is 0. The van der Waals surface area contributed by atoms with Crippen molar-refractivity contribution >= 4 is 23.9 Å². The van der Waals surface area contributed by atoms with E-state index in [1.54, 1.807) is 12.1 Å². The van der Waals surface area contributed by atoms with E-state index < -0.39 is 23.9 Å². The summed E-state index contributed by atoms with van der Waals surface area (Å²) in [5.41, 5.74) is -0.307. The van der Waals surface area contributed by atoms with Gasteiger partial charge in [0, 0.05) is 11.1 Å². The molecule has 0 saturated heterocycles. The van der Waals surface area contributed by atoms with Crippen molar-refractivity contribution in [2.45, 2.75) is 0 Å². The quantitative estimate of drug-likeness (QED) is 0.484. The number of benzene rings is 2. The number of ether oxygens (including phenoxy) is 2. The molecule has 145 valence electrons. The third kappa shape index (κ3) is 6.58. The third-order valence-electron chi connectivity index (χ3n) is 3.10. The molecule has 0 aliphatic carbocycles. The molecular formula is C18H14CuO8. The Bertz CT molecular complexity index is 762. The van der Waals surface area contributed by atoms with Gasteiger partial charge in [-0.2, -0.15) is 0 Å². The van der Waals surface area contributed by atoms with Crippen molar-refractivity contribution < 1.29 is 55.9 Å². The molecule has 0 amide bonds. The summed E-state index contributed by atoms with van der Waals surface area (Å²) in [5.74, 6) is -4.14. The van der Waals surface area contributed by atoms with Crippen LogP contribution in [0.15, 0.2) is 48.5 Å². The largest absolute Gasteiger partial charge is 2.00 e. The van der Waals surface area contributed by atoms with Gasteiger partial charge >= 0.3 is 29.0 Å². The molecule has 1 radical (unpaired) electrons.